The molecule has 3 nitrogen and oxygen atoms in total. The molecule has 0 amide bonds. The molecule has 0 atom stereocenters. The summed E-state index contributed by atoms with van der Waals surface area (Å²) >= 11 is 5.13. The van der Waals surface area contributed by atoms with Gasteiger partial charge in [0.1, 0.15) is 18.1 Å². The number of nitrogens with two attached hydrogens (primary N) is 1. The largest absolute Gasteiger partial charge is 0.497 e. The van der Waals surface area contributed by atoms with E-state index in [9.17, 15) is 0 Å². The van der Waals surface area contributed by atoms with Crippen molar-refractivity contribution in [3.63, 3.8) is 0 Å². The summed E-state index contributed by atoms with van der Waals surface area (Å²) < 4.78 is 11.8. The molecule has 2 aromatic rings. The van der Waals surface area contributed by atoms with E-state index in [0.717, 1.165) is 20.8 Å². The van der Waals surface area contributed by atoms with Crippen molar-refractivity contribution in [2.24, 2.45) is 5.73 Å². The van der Waals surface area contributed by atoms with Crippen LogP contribution >= 0.6 is 27.3 Å². The lowest BCUT2D eigenvalue weighted by Crippen LogP contribution is -1.94. The first-order chi connectivity index (χ1) is 8.72. The Hall–Kier alpha value is -1.04. The fraction of sp³-hybridized carbons (Fsp3) is 0.231. The Morgan fingerprint density at radius 3 is 2.61 bits per heavy atom. The Kier molecular flexibility index (Phi) is 4.63. The first-order valence-electron chi connectivity index (χ1n) is 5.47. The van der Waals surface area contributed by atoms with Gasteiger partial charge >= 0.3 is 0 Å². The monoisotopic (exact) mass is 327 g/mol. The van der Waals surface area contributed by atoms with Gasteiger partial charge < -0.3 is 15.2 Å². The summed E-state index contributed by atoms with van der Waals surface area (Å²) in [4.78, 5) is 2.33. The van der Waals surface area contributed by atoms with Crippen molar-refractivity contribution in [1.29, 1.82) is 0 Å². The first kappa shape index (κ1) is 13.4. The van der Waals surface area contributed by atoms with E-state index >= 15 is 0 Å². The number of ether oxygens (including phenoxy) is 2. The standard InChI is InChI=1S/C13H14BrNO2S/c1-16-9-2-5-13(12(14)6-9)17-8-11-4-3-10(7-15)18-11/h2-6H,7-8,15H2,1H3. The topological polar surface area (TPSA) is 44.5 Å². The van der Waals surface area contributed by atoms with Crippen LogP contribution in [0.3, 0.4) is 0 Å². The van der Waals surface area contributed by atoms with Crippen molar-refractivity contribution in [1.82, 2.24) is 0 Å². The zero-order chi connectivity index (χ0) is 13.0. The van der Waals surface area contributed by atoms with Crippen LogP contribution < -0.4 is 15.2 Å². The van der Waals surface area contributed by atoms with Gasteiger partial charge in [0.05, 0.1) is 11.6 Å². The minimum atomic E-state index is 0.551. The molecule has 0 aliphatic carbocycles. The summed E-state index contributed by atoms with van der Waals surface area (Å²) in [5, 5.41) is 0. The third-order valence-corrected chi connectivity index (χ3v) is 4.13. The molecule has 0 bridgehead atoms. The van der Waals surface area contributed by atoms with Crippen LogP contribution in [-0.2, 0) is 13.2 Å². The summed E-state index contributed by atoms with van der Waals surface area (Å²) in [5.74, 6) is 1.61. The molecular formula is C13H14BrNO2S. The van der Waals surface area contributed by atoms with Crippen molar-refractivity contribution in [3.8, 4) is 11.5 Å². The maximum absolute atomic E-state index is 5.75. The van der Waals surface area contributed by atoms with Gasteiger partial charge in [-0.05, 0) is 46.3 Å². The van der Waals surface area contributed by atoms with Gasteiger partial charge in [0.2, 0.25) is 0 Å². The lowest BCUT2D eigenvalue weighted by molar-refractivity contribution is 0.307. The molecule has 5 heteroatoms. The smallest absolute Gasteiger partial charge is 0.134 e. The molecule has 0 spiro atoms. The van der Waals surface area contributed by atoms with Crippen molar-refractivity contribution in [2.75, 3.05) is 7.11 Å². The van der Waals surface area contributed by atoms with E-state index in [-0.39, 0.29) is 0 Å². The molecule has 1 heterocycles. The third-order valence-electron chi connectivity index (χ3n) is 2.43. The Morgan fingerprint density at radius 2 is 2.00 bits per heavy atom. The molecule has 0 unspecified atom stereocenters. The normalized spacial score (nSPS) is 10.4. The van der Waals surface area contributed by atoms with Crippen LogP contribution in [0.1, 0.15) is 9.75 Å². The second kappa shape index (κ2) is 6.22. The van der Waals surface area contributed by atoms with E-state index in [2.05, 4.69) is 15.9 Å². The van der Waals surface area contributed by atoms with Gasteiger partial charge in [-0.25, -0.2) is 0 Å². The number of methoxy groups -OCH3 is 1. The van der Waals surface area contributed by atoms with Gasteiger partial charge in [-0.1, -0.05) is 0 Å². The molecule has 0 fully saturated rings. The van der Waals surface area contributed by atoms with Crippen LogP contribution in [0, 0.1) is 0 Å². The number of hydrogen-bond acceptors (Lipinski definition) is 4. The fourth-order valence-corrected chi connectivity index (χ4v) is 2.77. The van der Waals surface area contributed by atoms with Crippen LogP contribution in [0.5, 0.6) is 11.5 Å². The average molecular weight is 328 g/mol. The summed E-state index contributed by atoms with van der Waals surface area (Å²) in [5.41, 5.74) is 5.57. The average Bonchev–Trinajstić information content (AvgIpc) is 2.85. The molecular weight excluding hydrogens is 314 g/mol. The van der Waals surface area contributed by atoms with Gasteiger partial charge in [0, 0.05) is 16.3 Å². The number of halogens is 1. The van der Waals surface area contributed by atoms with Gasteiger partial charge in [0.25, 0.3) is 0 Å². The van der Waals surface area contributed by atoms with E-state index in [4.69, 9.17) is 15.2 Å². The maximum Gasteiger partial charge on any atom is 0.134 e. The summed E-state index contributed by atoms with van der Waals surface area (Å²) in [6.07, 6.45) is 0. The van der Waals surface area contributed by atoms with Crippen LogP contribution in [-0.4, -0.2) is 7.11 Å². The Bertz CT molecular complexity index is 527. The Balaban J connectivity index is 2.01. The molecule has 0 saturated heterocycles. The zero-order valence-corrected chi connectivity index (χ0v) is 12.4. The molecule has 1 aromatic heterocycles. The van der Waals surface area contributed by atoms with Gasteiger partial charge in [0.15, 0.2) is 0 Å². The quantitative estimate of drug-likeness (QED) is 0.913. The second-order valence-corrected chi connectivity index (χ2v) is 5.76. The minimum Gasteiger partial charge on any atom is -0.497 e. The molecule has 18 heavy (non-hydrogen) atoms. The lowest BCUT2D eigenvalue weighted by Gasteiger charge is -2.08. The van der Waals surface area contributed by atoms with Crippen LogP contribution in [0.4, 0.5) is 0 Å². The van der Waals surface area contributed by atoms with Gasteiger partial charge in [-0.2, -0.15) is 0 Å². The van der Waals surface area contributed by atoms with Crippen LogP contribution in [0.2, 0.25) is 0 Å². The SMILES string of the molecule is COc1ccc(OCc2ccc(CN)s2)c(Br)c1. The maximum atomic E-state index is 5.75. The predicted molar refractivity (Wildman–Crippen MR) is 77.2 cm³/mol. The molecule has 1 aromatic carbocycles. The molecule has 0 aliphatic heterocycles. The summed E-state index contributed by atoms with van der Waals surface area (Å²) in [7, 11) is 1.64. The third kappa shape index (κ3) is 3.25. The van der Waals surface area contributed by atoms with E-state index in [1.54, 1.807) is 18.4 Å². The van der Waals surface area contributed by atoms with Gasteiger partial charge in [-0.3, -0.25) is 0 Å². The van der Waals surface area contributed by atoms with Gasteiger partial charge in [-0.15, -0.1) is 11.3 Å². The molecule has 2 N–H and O–H groups in total. The molecule has 2 rings (SSSR count). The van der Waals surface area contributed by atoms with E-state index in [0.29, 0.717) is 13.2 Å². The second-order valence-electron chi connectivity index (χ2n) is 3.66. The molecule has 0 saturated carbocycles. The molecule has 0 radical (unpaired) electrons. The van der Waals surface area contributed by atoms with E-state index in [1.165, 1.54) is 4.88 Å². The number of benzene rings is 1. The highest BCUT2D eigenvalue weighted by atomic mass is 79.9. The minimum absolute atomic E-state index is 0.551. The number of hydrogen-bond donors (Lipinski definition) is 1. The first-order valence-corrected chi connectivity index (χ1v) is 7.08. The highest BCUT2D eigenvalue weighted by Crippen LogP contribution is 2.30. The molecule has 0 aliphatic rings. The Labute approximate surface area is 119 Å². The number of rotatable bonds is 5. The van der Waals surface area contributed by atoms with Crippen molar-refractivity contribution < 1.29 is 9.47 Å². The van der Waals surface area contributed by atoms with E-state index < -0.39 is 0 Å². The lowest BCUT2D eigenvalue weighted by atomic mass is 10.3. The zero-order valence-electron chi connectivity index (χ0n) is 9.98. The molecule has 96 valence electrons. The number of thiophene rings is 1. The van der Waals surface area contributed by atoms with Crippen molar-refractivity contribution >= 4 is 27.3 Å². The van der Waals surface area contributed by atoms with E-state index in [1.807, 2.05) is 30.3 Å². The summed E-state index contributed by atoms with van der Waals surface area (Å²) in [6, 6.07) is 9.73. The highest BCUT2D eigenvalue weighted by Gasteiger charge is 2.05. The van der Waals surface area contributed by atoms with Crippen LogP contribution in [0.15, 0.2) is 34.8 Å². The van der Waals surface area contributed by atoms with Crippen molar-refractivity contribution in [2.45, 2.75) is 13.2 Å². The highest BCUT2D eigenvalue weighted by molar-refractivity contribution is 9.10. The fourth-order valence-electron chi connectivity index (χ4n) is 1.48. The predicted octanol–water partition coefficient (Wildman–Crippen LogP) is 3.56. The van der Waals surface area contributed by atoms with Crippen LogP contribution in [0.25, 0.3) is 0 Å². The van der Waals surface area contributed by atoms with Crippen molar-refractivity contribution in [3.05, 3.63) is 44.6 Å². The Morgan fingerprint density at radius 1 is 1.22 bits per heavy atom. The summed E-state index contributed by atoms with van der Waals surface area (Å²) in [6.45, 7) is 1.13.